The minimum atomic E-state index is -2.78. The van der Waals surface area contributed by atoms with Crippen LogP contribution >= 0.6 is 0 Å². The molecule has 1 aromatic rings. The summed E-state index contributed by atoms with van der Waals surface area (Å²) in [5, 5.41) is 3.52. The van der Waals surface area contributed by atoms with Crippen molar-refractivity contribution in [3.8, 4) is 5.75 Å². The highest BCUT2D eigenvalue weighted by Gasteiger charge is 2.32. The summed E-state index contributed by atoms with van der Waals surface area (Å²) in [5.41, 5.74) is 1.18. The third-order valence-electron chi connectivity index (χ3n) is 4.80. The smallest absolute Gasteiger partial charge is 0.387 e. The van der Waals surface area contributed by atoms with E-state index < -0.39 is 6.61 Å². The van der Waals surface area contributed by atoms with Gasteiger partial charge < -0.3 is 10.1 Å². The van der Waals surface area contributed by atoms with Crippen LogP contribution in [0.5, 0.6) is 5.75 Å². The van der Waals surface area contributed by atoms with Gasteiger partial charge in [-0.05, 0) is 37.7 Å². The van der Waals surface area contributed by atoms with Crippen LogP contribution in [0.3, 0.4) is 0 Å². The van der Waals surface area contributed by atoms with Crippen molar-refractivity contribution in [3.05, 3.63) is 29.8 Å². The van der Waals surface area contributed by atoms with Crippen LogP contribution in [-0.2, 0) is 0 Å². The molecule has 1 saturated carbocycles. The van der Waals surface area contributed by atoms with Gasteiger partial charge in [-0.3, -0.25) is 0 Å². The summed E-state index contributed by atoms with van der Waals surface area (Å²) in [4.78, 5) is 0. The zero-order valence-corrected chi connectivity index (χ0v) is 12.9. The van der Waals surface area contributed by atoms with Crippen LogP contribution < -0.4 is 10.1 Å². The Morgan fingerprint density at radius 1 is 1.24 bits per heavy atom. The van der Waals surface area contributed by atoms with Gasteiger partial charge in [-0.15, -0.1) is 0 Å². The number of nitrogens with one attached hydrogen (secondary N) is 1. The summed E-state index contributed by atoms with van der Waals surface area (Å²) in [6.07, 6.45) is 6.29. The Balaban J connectivity index is 2.01. The van der Waals surface area contributed by atoms with Crippen molar-refractivity contribution < 1.29 is 13.5 Å². The Morgan fingerprint density at radius 2 is 1.90 bits per heavy atom. The molecule has 4 heteroatoms. The van der Waals surface area contributed by atoms with E-state index in [2.05, 4.69) is 17.0 Å². The second-order valence-electron chi connectivity index (χ2n) is 6.08. The van der Waals surface area contributed by atoms with E-state index >= 15 is 0 Å². The SMILES string of the molecule is CCC1(CNC(C)c2ccccc2OC(F)F)CCCC1. The number of benzene rings is 1. The van der Waals surface area contributed by atoms with Crippen molar-refractivity contribution in [2.24, 2.45) is 5.41 Å². The average Bonchev–Trinajstić information content (AvgIpc) is 2.94. The monoisotopic (exact) mass is 297 g/mol. The van der Waals surface area contributed by atoms with Crippen molar-refractivity contribution in [1.29, 1.82) is 0 Å². The number of para-hydroxylation sites is 1. The standard InChI is InChI=1S/C17H25F2NO/c1-3-17(10-6-7-11-17)12-20-13(2)14-8-4-5-9-15(14)21-16(18)19/h4-5,8-9,13,16,20H,3,6-7,10-12H2,1-2H3. The highest BCUT2D eigenvalue weighted by Crippen LogP contribution is 2.40. The average molecular weight is 297 g/mol. The van der Waals surface area contributed by atoms with Crippen LogP contribution in [0.1, 0.15) is 57.6 Å². The van der Waals surface area contributed by atoms with Gasteiger partial charge in [-0.25, -0.2) is 0 Å². The van der Waals surface area contributed by atoms with Crippen LogP contribution in [0.15, 0.2) is 24.3 Å². The number of halogens is 2. The molecule has 0 aromatic heterocycles. The van der Waals surface area contributed by atoms with Gasteiger partial charge in [0.25, 0.3) is 0 Å². The fourth-order valence-electron chi connectivity index (χ4n) is 3.30. The second-order valence-corrected chi connectivity index (χ2v) is 6.08. The van der Waals surface area contributed by atoms with E-state index in [-0.39, 0.29) is 11.8 Å². The number of rotatable bonds is 7. The maximum absolute atomic E-state index is 12.5. The summed E-state index contributed by atoms with van der Waals surface area (Å²) >= 11 is 0. The predicted octanol–water partition coefficient (Wildman–Crippen LogP) is 4.91. The predicted molar refractivity (Wildman–Crippen MR) is 80.7 cm³/mol. The van der Waals surface area contributed by atoms with Gasteiger partial charge >= 0.3 is 6.61 Å². The first-order chi connectivity index (χ1) is 10.1. The number of alkyl halides is 2. The van der Waals surface area contributed by atoms with Crippen molar-refractivity contribution >= 4 is 0 Å². The van der Waals surface area contributed by atoms with Crippen molar-refractivity contribution in [2.75, 3.05) is 6.54 Å². The zero-order chi connectivity index (χ0) is 15.3. The maximum atomic E-state index is 12.5. The van der Waals surface area contributed by atoms with Crippen molar-refractivity contribution in [2.45, 2.75) is 58.6 Å². The fourth-order valence-corrected chi connectivity index (χ4v) is 3.30. The van der Waals surface area contributed by atoms with Crippen LogP contribution in [0, 0.1) is 5.41 Å². The molecule has 0 amide bonds. The summed E-state index contributed by atoms with van der Waals surface area (Å²) in [6, 6.07) is 7.03. The highest BCUT2D eigenvalue weighted by molar-refractivity contribution is 5.35. The molecule has 0 aliphatic heterocycles. The molecule has 0 bridgehead atoms. The Labute approximate surface area is 125 Å². The minimum Gasteiger partial charge on any atom is -0.434 e. The Hall–Kier alpha value is -1.16. The first-order valence-corrected chi connectivity index (χ1v) is 7.83. The molecule has 1 fully saturated rings. The Bertz CT molecular complexity index is 444. The van der Waals surface area contributed by atoms with Gasteiger partial charge in [0.1, 0.15) is 5.75 Å². The van der Waals surface area contributed by atoms with Crippen LogP contribution in [-0.4, -0.2) is 13.2 Å². The number of ether oxygens (including phenoxy) is 1. The summed E-state index contributed by atoms with van der Waals surface area (Å²) in [7, 11) is 0. The van der Waals surface area contributed by atoms with Gasteiger partial charge in [0.2, 0.25) is 0 Å². The molecule has 21 heavy (non-hydrogen) atoms. The normalized spacial score (nSPS) is 18.9. The van der Waals surface area contributed by atoms with Gasteiger partial charge in [-0.2, -0.15) is 8.78 Å². The second kappa shape index (κ2) is 7.21. The molecule has 0 radical (unpaired) electrons. The number of hydrogen-bond donors (Lipinski definition) is 1. The quantitative estimate of drug-likeness (QED) is 0.772. The van der Waals surface area contributed by atoms with Gasteiger partial charge in [0.05, 0.1) is 0 Å². The molecule has 1 unspecified atom stereocenters. The van der Waals surface area contributed by atoms with Gasteiger partial charge in [0, 0.05) is 18.2 Å². The lowest BCUT2D eigenvalue weighted by atomic mass is 9.83. The first-order valence-electron chi connectivity index (χ1n) is 7.83. The molecule has 2 nitrogen and oxygen atoms in total. The molecule has 1 atom stereocenters. The summed E-state index contributed by atoms with van der Waals surface area (Å²) in [5.74, 6) is 0.268. The topological polar surface area (TPSA) is 21.3 Å². The third kappa shape index (κ3) is 4.16. The molecule has 0 heterocycles. The molecule has 1 aliphatic carbocycles. The molecule has 0 spiro atoms. The van der Waals surface area contributed by atoms with Gasteiger partial charge in [0.15, 0.2) is 0 Å². The van der Waals surface area contributed by atoms with E-state index in [0.717, 1.165) is 12.1 Å². The molecule has 0 saturated heterocycles. The van der Waals surface area contributed by atoms with Crippen LogP contribution in [0.25, 0.3) is 0 Å². The van der Waals surface area contributed by atoms with Crippen molar-refractivity contribution in [3.63, 3.8) is 0 Å². The van der Waals surface area contributed by atoms with Gasteiger partial charge in [-0.1, -0.05) is 38.0 Å². The van der Waals surface area contributed by atoms with E-state index in [1.54, 1.807) is 12.1 Å². The van der Waals surface area contributed by atoms with E-state index in [4.69, 9.17) is 0 Å². The molecule has 2 rings (SSSR count). The molecule has 1 aliphatic rings. The molecule has 118 valence electrons. The minimum absolute atomic E-state index is 0.00368. The lowest BCUT2D eigenvalue weighted by Gasteiger charge is -2.30. The van der Waals surface area contributed by atoms with Crippen LogP contribution in [0.4, 0.5) is 8.78 Å². The largest absolute Gasteiger partial charge is 0.434 e. The fraction of sp³-hybridized carbons (Fsp3) is 0.647. The van der Waals surface area contributed by atoms with E-state index in [1.807, 2.05) is 19.1 Å². The van der Waals surface area contributed by atoms with Crippen LogP contribution in [0.2, 0.25) is 0 Å². The number of hydrogen-bond acceptors (Lipinski definition) is 2. The summed E-state index contributed by atoms with van der Waals surface area (Å²) < 4.78 is 29.6. The lowest BCUT2D eigenvalue weighted by molar-refractivity contribution is -0.0507. The maximum Gasteiger partial charge on any atom is 0.387 e. The highest BCUT2D eigenvalue weighted by atomic mass is 19.3. The van der Waals surface area contributed by atoms with E-state index in [9.17, 15) is 8.78 Å². The molecule has 1 N–H and O–H groups in total. The molecule has 1 aromatic carbocycles. The lowest BCUT2D eigenvalue weighted by Crippen LogP contribution is -2.33. The molecular weight excluding hydrogens is 272 g/mol. The Morgan fingerprint density at radius 3 is 2.52 bits per heavy atom. The summed E-state index contributed by atoms with van der Waals surface area (Å²) in [6.45, 7) is 2.40. The first kappa shape index (κ1) is 16.2. The zero-order valence-electron chi connectivity index (χ0n) is 12.9. The third-order valence-corrected chi connectivity index (χ3v) is 4.80. The van der Waals surface area contributed by atoms with E-state index in [1.165, 1.54) is 32.1 Å². The van der Waals surface area contributed by atoms with E-state index in [0.29, 0.717) is 5.41 Å². The van der Waals surface area contributed by atoms with Crippen molar-refractivity contribution in [1.82, 2.24) is 5.32 Å². The Kier molecular flexibility index (Phi) is 5.57. The molecular formula is C17H25F2NO.